The molecule has 5 nitrogen and oxygen atoms in total. The van der Waals surface area contributed by atoms with Gasteiger partial charge in [0.2, 0.25) is 0 Å². The molecule has 1 aromatic carbocycles. The molecule has 2 aromatic rings. The molecule has 7 heteroatoms. The highest BCUT2D eigenvalue weighted by atomic mass is 35.5. The fraction of sp³-hybridized carbons (Fsp3) is 0.467. The van der Waals surface area contributed by atoms with E-state index in [0.29, 0.717) is 4.77 Å². The van der Waals surface area contributed by atoms with Crippen molar-refractivity contribution in [1.82, 2.24) is 14.8 Å². The van der Waals surface area contributed by atoms with Gasteiger partial charge in [-0.15, -0.1) is 0 Å². The first-order chi connectivity index (χ1) is 10.7. The Labute approximate surface area is 139 Å². The first kappa shape index (κ1) is 15.7. The van der Waals surface area contributed by atoms with E-state index >= 15 is 0 Å². The SMILES string of the molecule is S=c1[nH]nc(-c2ccc(Cl)cc2)n1CCC[NH+]1CCOCC1. The molecule has 0 spiro atoms. The van der Waals surface area contributed by atoms with Crippen LogP contribution in [0.1, 0.15) is 6.42 Å². The molecule has 1 aliphatic heterocycles. The molecule has 0 radical (unpaired) electrons. The van der Waals surface area contributed by atoms with Gasteiger partial charge in [-0.3, -0.25) is 9.67 Å². The third-order valence-electron chi connectivity index (χ3n) is 3.97. The largest absolute Gasteiger partial charge is 0.370 e. The Bertz CT molecular complexity index is 661. The summed E-state index contributed by atoms with van der Waals surface area (Å²) in [4.78, 5) is 1.61. The van der Waals surface area contributed by atoms with Gasteiger partial charge in [0.1, 0.15) is 13.1 Å². The molecule has 2 N–H and O–H groups in total. The van der Waals surface area contributed by atoms with Crippen LogP contribution in [0.4, 0.5) is 0 Å². The third kappa shape index (κ3) is 3.76. The standard InChI is InChI=1S/C15H19ClN4OS/c16-13-4-2-12(3-5-13)14-17-18-15(22)20(14)7-1-6-19-8-10-21-11-9-19/h2-5H,1,6-11H2,(H,18,22)/p+1. The summed E-state index contributed by atoms with van der Waals surface area (Å²) in [5.74, 6) is 0.874. The van der Waals surface area contributed by atoms with Gasteiger partial charge in [-0.1, -0.05) is 11.6 Å². The fourth-order valence-electron chi connectivity index (χ4n) is 2.74. The zero-order chi connectivity index (χ0) is 15.4. The van der Waals surface area contributed by atoms with Crippen molar-refractivity contribution < 1.29 is 9.64 Å². The van der Waals surface area contributed by atoms with Crippen molar-refractivity contribution in [3.63, 3.8) is 0 Å². The van der Waals surface area contributed by atoms with Crippen molar-refractivity contribution in [2.45, 2.75) is 13.0 Å². The molecule has 0 atom stereocenters. The molecule has 1 aliphatic rings. The van der Waals surface area contributed by atoms with E-state index in [2.05, 4.69) is 14.8 Å². The second-order valence-corrected chi connectivity index (χ2v) is 6.30. The second kappa shape index (κ2) is 7.37. The van der Waals surface area contributed by atoms with Gasteiger partial charge in [0, 0.05) is 23.6 Å². The molecule has 118 valence electrons. The summed E-state index contributed by atoms with van der Waals surface area (Å²) in [6.45, 7) is 5.95. The maximum atomic E-state index is 5.95. The van der Waals surface area contributed by atoms with E-state index in [4.69, 9.17) is 28.6 Å². The van der Waals surface area contributed by atoms with Crippen LogP contribution >= 0.6 is 23.8 Å². The van der Waals surface area contributed by atoms with Crippen molar-refractivity contribution in [2.24, 2.45) is 0 Å². The number of morpholine rings is 1. The monoisotopic (exact) mass is 339 g/mol. The molecule has 1 aromatic heterocycles. The number of nitrogens with one attached hydrogen (secondary N) is 2. The van der Waals surface area contributed by atoms with Crippen LogP contribution in [-0.2, 0) is 11.3 Å². The van der Waals surface area contributed by atoms with Crippen LogP contribution in [0.15, 0.2) is 24.3 Å². The number of halogens is 1. The number of ether oxygens (including phenoxy) is 1. The molecule has 0 saturated carbocycles. The van der Waals surface area contributed by atoms with Gasteiger partial charge in [0.25, 0.3) is 0 Å². The number of hydrogen-bond acceptors (Lipinski definition) is 3. The molecule has 2 heterocycles. The summed E-state index contributed by atoms with van der Waals surface area (Å²) in [5.41, 5.74) is 1.02. The fourth-order valence-corrected chi connectivity index (χ4v) is 3.09. The number of rotatable bonds is 5. The van der Waals surface area contributed by atoms with E-state index in [9.17, 15) is 0 Å². The van der Waals surface area contributed by atoms with Crippen LogP contribution in [0.5, 0.6) is 0 Å². The molecule has 22 heavy (non-hydrogen) atoms. The number of quaternary nitrogens is 1. The lowest BCUT2D eigenvalue weighted by molar-refractivity contribution is -0.908. The highest BCUT2D eigenvalue weighted by Gasteiger charge is 2.14. The van der Waals surface area contributed by atoms with E-state index in [1.807, 2.05) is 24.3 Å². The van der Waals surface area contributed by atoms with Crippen LogP contribution in [0.25, 0.3) is 11.4 Å². The summed E-state index contributed by atoms with van der Waals surface area (Å²) in [5, 5.41) is 7.97. The molecule has 0 unspecified atom stereocenters. The van der Waals surface area contributed by atoms with Crippen molar-refractivity contribution >= 4 is 23.8 Å². The highest BCUT2D eigenvalue weighted by Crippen LogP contribution is 2.20. The van der Waals surface area contributed by atoms with Crippen LogP contribution in [-0.4, -0.2) is 47.6 Å². The maximum absolute atomic E-state index is 5.95. The summed E-state index contributed by atoms with van der Waals surface area (Å²) < 4.78 is 8.13. The van der Waals surface area contributed by atoms with E-state index in [0.717, 1.165) is 62.2 Å². The van der Waals surface area contributed by atoms with Gasteiger partial charge in [-0.25, -0.2) is 0 Å². The molecule has 0 amide bonds. The molecule has 1 fully saturated rings. The quantitative estimate of drug-likeness (QED) is 0.813. The van der Waals surface area contributed by atoms with Gasteiger partial charge in [0.05, 0.1) is 19.8 Å². The average molecular weight is 340 g/mol. The van der Waals surface area contributed by atoms with Gasteiger partial charge in [-0.05, 0) is 36.5 Å². The predicted molar refractivity (Wildman–Crippen MR) is 88.9 cm³/mol. The van der Waals surface area contributed by atoms with Crippen molar-refractivity contribution in [2.75, 3.05) is 32.8 Å². The molecule has 0 bridgehead atoms. The van der Waals surface area contributed by atoms with Gasteiger partial charge >= 0.3 is 0 Å². The zero-order valence-electron chi connectivity index (χ0n) is 12.3. The smallest absolute Gasteiger partial charge is 0.195 e. The van der Waals surface area contributed by atoms with E-state index in [-0.39, 0.29) is 0 Å². The van der Waals surface area contributed by atoms with Crippen molar-refractivity contribution in [3.05, 3.63) is 34.1 Å². The Morgan fingerprint density at radius 2 is 2.00 bits per heavy atom. The summed E-state index contributed by atoms with van der Waals surface area (Å²) >= 11 is 11.3. The topological polar surface area (TPSA) is 47.3 Å². The number of nitrogens with zero attached hydrogens (tertiary/aromatic N) is 2. The molecule has 0 aliphatic carbocycles. The normalized spacial score (nSPS) is 16.0. The first-order valence-corrected chi connectivity index (χ1v) is 8.35. The van der Waals surface area contributed by atoms with Crippen LogP contribution in [0, 0.1) is 4.77 Å². The Kier molecular flexibility index (Phi) is 5.25. The minimum absolute atomic E-state index is 0.668. The Morgan fingerprint density at radius 1 is 1.27 bits per heavy atom. The van der Waals surface area contributed by atoms with Crippen LogP contribution < -0.4 is 4.90 Å². The Hall–Kier alpha value is -1.21. The Morgan fingerprint density at radius 3 is 2.73 bits per heavy atom. The lowest BCUT2D eigenvalue weighted by atomic mass is 10.2. The summed E-state index contributed by atoms with van der Waals surface area (Å²) in [6, 6.07) is 7.68. The van der Waals surface area contributed by atoms with E-state index in [1.165, 1.54) is 0 Å². The number of aromatic amines is 1. The van der Waals surface area contributed by atoms with E-state index < -0.39 is 0 Å². The second-order valence-electron chi connectivity index (χ2n) is 5.48. The lowest BCUT2D eigenvalue weighted by Gasteiger charge is -2.23. The zero-order valence-corrected chi connectivity index (χ0v) is 13.9. The van der Waals surface area contributed by atoms with Crippen LogP contribution in [0.2, 0.25) is 5.02 Å². The van der Waals surface area contributed by atoms with Crippen molar-refractivity contribution in [3.8, 4) is 11.4 Å². The molecular formula is C15H20ClN4OS+. The number of H-pyrrole nitrogens is 1. The van der Waals surface area contributed by atoms with E-state index in [1.54, 1.807) is 4.90 Å². The molecule has 3 rings (SSSR count). The summed E-state index contributed by atoms with van der Waals surface area (Å²) in [7, 11) is 0. The minimum Gasteiger partial charge on any atom is -0.370 e. The minimum atomic E-state index is 0.668. The summed E-state index contributed by atoms with van der Waals surface area (Å²) in [6.07, 6.45) is 1.07. The Balaban J connectivity index is 1.67. The third-order valence-corrected chi connectivity index (χ3v) is 4.54. The predicted octanol–water partition coefficient (Wildman–Crippen LogP) is 1.57. The average Bonchev–Trinajstić information content (AvgIpc) is 2.90. The maximum Gasteiger partial charge on any atom is 0.195 e. The highest BCUT2D eigenvalue weighted by molar-refractivity contribution is 7.71. The molecular weight excluding hydrogens is 320 g/mol. The number of aromatic nitrogens is 3. The van der Waals surface area contributed by atoms with Gasteiger partial charge in [0.15, 0.2) is 10.6 Å². The molecule has 1 saturated heterocycles. The van der Waals surface area contributed by atoms with Gasteiger partial charge in [-0.2, -0.15) is 5.10 Å². The number of benzene rings is 1. The van der Waals surface area contributed by atoms with Crippen LogP contribution in [0.3, 0.4) is 0 Å². The number of hydrogen-bond donors (Lipinski definition) is 2. The lowest BCUT2D eigenvalue weighted by Crippen LogP contribution is -3.14. The van der Waals surface area contributed by atoms with Gasteiger partial charge < -0.3 is 9.64 Å². The first-order valence-electron chi connectivity index (χ1n) is 7.56. The van der Waals surface area contributed by atoms with Crippen molar-refractivity contribution in [1.29, 1.82) is 0 Å².